The zero-order valence-corrected chi connectivity index (χ0v) is 10.1. The van der Waals surface area contributed by atoms with E-state index in [1.165, 1.54) is 0 Å². The van der Waals surface area contributed by atoms with Gasteiger partial charge >= 0.3 is 0 Å². The first-order valence-corrected chi connectivity index (χ1v) is 5.92. The molecule has 0 spiro atoms. The van der Waals surface area contributed by atoms with Gasteiger partial charge in [-0.25, -0.2) is 4.39 Å². The van der Waals surface area contributed by atoms with Crippen molar-refractivity contribution < 1.29 is 4.39 Å². The molecule has 1 aromatic carbocycles. The maximum Gasteiger partial charge on any atom is 0.146 e. The van der Waals surface area contributed by atoms with Crippen molar-refractivity contribution in [2.24, 2.45) is 0 Å². The second kappa shape index (κ2) is 5.13. The fraction of sp³-hybridized carbons (Fsp3) is 0.500. The van der Waals surface area contributed by atoms with Crippen LogP contribution in [0.4, 0.5) is 4.39 Å². The Balaban J connectivity index is 2.13. The Bertz CT molecular complexity index is 376. The third-order valence-corrected chi connectivity index (χ3v) is 3.13. The van der Waals surface area contributed by atoms with E-state index in [1.54, 1.807) is 6.07 Å². The minimum atomic E-state index is -0.272. The van der Waals surface area contributed by atoms with Gasteiger partial charge in [-0.1, -0.05) is 17.7 Å². The number of hydrogen-bond acceptors (Lipinski definition) is 2. The second-order valence-electron chi connectivity index (χ2n) is 4.25. The van der Waals surface area contributed by atoms with Crippen LogP contribution in [0.15, 0.2) is 12.1 Å². The van der Waals surface area contributed by atoms with Crippen LogP contribution >= 0.6 is 11.6 Å². The maximum atomic E-state index is 13.8. The standard InChI is InChI=1S/C12H16ClFN2/c1-9-6-10(12(14)11(13)7-9)8-16-4-2-15-3-5-16/h6-7,15H,2-5,8H2,1H3. The first kappa shape index (κ1) is 11.8. The van der Waals surface area contributed by atoms with Crippen LogP contribution in [0.3, 0.4) is 0 Å². The fourth-order valence-electron chi connectivity index (χ4n) is 2.02. The van der Waals surface area contributed by atoms with E-state index in [0.29, 0.717) is 12.1 Å². The molecule has 1 heterocycles. The molecule has 1 fully saturated rings. The first-order chi connectivity index (χ1) is 7.66. The topological polar surface area (TPSA) is 15.3 Å². The predicted octanol–water partition coefficient (Wildman–Crippen LogP) is 2.19. The highest BCUT2D eigenvalue weighted by Crippen LogP contribution is 2.21. The molecule has 1 aliphatic heterocycles. The SMILES string of the molecule is Cc1cc(Cl)c(F)c(CN2CCNCC2)c1. The molecule has 88 valence electrons. The normalized spacial score (nSPS) is 17.7. The molecule has 16 heavy (non-hydrogen) atoms. The number of rotatable bonds is 2. The van der Waals surface area contributed by atoms with Gasteiger partial charge in [-0.2, -0.15) is 0 Å². The number of halogens is 2. The highest BCUT2D eigenvalue weighted by molar-refractivity contribution is 6.30. The van der Waals surface area contributed by atoms with Gasteiger partial charge in [-0.05, 0) is 18.6 Å². The molecule has 0 amide bonds. The van der Waals surface area contributed by atoms with Crippen molar-refractivity contribution in [2.45, 2.75) is 13.5 Å². The van der Waals surface area contributed by atoms with Crippen molar-refractivity contribution in [1.82, 2.24) is 10.2 Å². The van der Waals surface area contributed by atoms with Crippen molar-refractivity contribution in [3.8, 4) is 0 Å². The van der Waals surface area contributed by atoms with E-state index in [0.717, 1.165) is 31.7 Å². The number of nitrogens with one attached hydrogen (secondary N) is 1. The average Bonchev–Trinajstić information content (AvgIpc) is 2.27. The van der Waals surface area contributed by atoms with Crippen molar-refractivity contribution in [3.63, 3.8) is 0 Å². The summed E-state index contributed by atoms with van der Waals surface area (Å²) in [6.07, 6.45) is 0. The van der Waals surface area contributed by atoms with Gasteiger partial charge in [0.25, 0.3) is 0 Å². The molecule has 0 atom stereocenters. The summed E-state index contributed by atoms with van der Waals surface area (Å²) in [5.41, 5.74) is 1.71. The van der Waals surface area contributed by atoms with Gasteiger partial charge in [0.15, 0.2) is 0 Å². The van der Waals surface area contributed by atoms with E-state index >= 15 is 0 Å². The summed E-state index contributed by atoms with van der Waals surface area (Å²) in [5.74, 6) is -0.272. The van der Waals surface area contributed by atoms with Crippen molar-refractivity contribution in [1.29, 1.82) is 0 Å². The van der Waals surface area contributed by atoms with Crippen LogP contribution in [0.5, 0.6) is 0 Å². The van der Waals surface area contributed by atoms with Gasteiger partial charge in [0.2, 0.25) is 0 Å². The van der Waals surface area contributed by atoms with E-state index in [-0.39, 0.29) is 10.8 Å². The van der Waals surface area contributed by atoms with Crippen LogP contribution < -0.4 is 5.32 Å². The quantitative estimate of drug-likeness (QED) is 0.856. The average molecular weight is 243 g/mol. The molecule has 1 aromatic rings. The molecule has 0 aromatic heterocycles. The number of benzene rings is 1. The molecule has 2 rings (SSSR count). The van der Waals surface area contributed by atoms with Gasteiger partial charge in [0.05, 0.1) is 5.02 Å². The van der Waals surface area contributed by atoms with Crippen LogP contribution in [0.25, 0.3) is 0 Å². The highest BCUT2D eigenvalue weighted by atomic mass is 35.5. The Kier molecular flexibility index (Phi) is 3.79. The Morgan fingerprint density at radius 3 is 2.75 bits per heavy atom. The lowest BCUT2D eigenvalue weighted by atomic mass is 10.1. The summed E-state index contributed by atoms with van der Waals surface area (Å²) in [7, 11) is 0. The van der Waals surface area contributed by atoms with Crippen LogP contribution in [0.1, 0.15) is 11.1 Å². The molecular weight excluding hydrogens is 227 g/mol. The van der Waals surface area contributed by atoms with Crippen molar-refractivity contribution in [2.75, 3.05) is 26.2 Å². The Hall–Kier alpha value is -0.640. The highest BCUT2D eigenvalue weighted by Gasteiger charge is 2.14. The van der Waals surface area contributed by atoms with E-state index in [2.05, 4.69) is 10.2 Å². The minimum Gasteiger partial charge on any atom is -0.314 e. The number of hydrogen-bond donors (Lipinski definition) is 1. The molecule has 0 saturated carbocycles. The second-order valence-corrected chi connectivity index (χ2v) is 4.65. The van der Waals surface area contributed by atoms with Crippen molar-refractivity contribution >= 4 is 11.6 Å². The molecule has 1 aliphatic rings. The van der Waals surface area contributed by atoms with Gasteiger partial charge in [-0.3, -0.25) is 4.90 Å². The van der Waals surface area contributed by atoms with Gasteiger partial charge < -0.3 is 5.32 Å². The third-order valence-electron chi connectivity index (χ3n) is 2.85. The first-order valence-electron chi connectivity index (χ1n) is 5.54. The monoisotopic (exact) mass is 242 g/mol. The summed E-state index contributed by atoms with van der Waals surface area (Å²) in [5, 5.41) is 3.50. The Morgan fingerprint density at radius 1 is 1.38 bits per heavy atom. The van der Waals surface area contributed by atoms with Crippen LogP contribution in [-0.2, 0) is 6.54 Å². The Labute approximate surface area is 100 Å². The van der Waals surface area contributed by atoms with Crippen LogP contribution in [0.2, 0.25) is 5.02 Å². The van der Waals surface area contributed by atoms with Crippen molar-refractivity contribution in [3.05, 3.63) is 34.1 Å². The predicted molar refractivity (Wildman–Crippen MR) is 64.3 cm³/mol. The molecule has 0 bridgehead atoms. The van der Waals surface area contributed by atoms with E-state index in [4.69, 9.17) is 11.6 Å². The third kappa shape index (κ3) is 2.73. The van der Waals surface area contributed by atoms with Gasteiger partial charge in [0, 0.05) is 38.3 Å². The molecule has 1 N–H and O–H groups in total. The number of aryl methyl sites for hydroxylation is 1. The molecular formula is C12H16ClFN2. The Morgan fingerprint density at radius 2 is 2.06 bits per heavy atom. The molecule has 1 saturated heterocycles. The lowest BCUT2D eigenvalue weighted by Crippen LogP contribution is -2.43. The van der Waals surface area contributed by atoms with Gasteiger partial charge in [-0.15, -0.1) is 0 Å². The van der Waals surface area contributed by atoms with Gasteiger partial charge in [0.1, 0.15) is 5.82 Å². The van der Waals surface area contributed by atoms with Crippen LogP contribution in [0, 0.1) is 12.7 Å². The summed E-state index contributed by atoms with van der Waals surface area (Å²) in [6, 6.07) is 3.54. The fourth-order valence-corrected chi connectivity index (χ4v) is 2.32. The minimum absolute atomic E-state index is 0.227. The summed E-state index contributed by atoms with van der Waals surface area (Å²) >= 11 is 5.83. The lowest BCUT2D eigenvalue weighted by molar-refractivity contribution is 0.230. The number of nitrogens with zero attached hydrogens (tertiary/aromatic N) is 1. The molecule has 4 heteroatoms. The zero-order chi connectivity index (χ0) is 11.5. The molecule has 0 radical (unpaired) electrons. The van der Waals surface area contributed by atoms with E-state index in [1.807, 2.05) is 13.0 Å². The molecule has 2 nitrogen and oxygen atoms in total. The zero-order valence-electron chi connectivity index (χ0n) is 9.39. The molecule has 0 unspecified atom stereocenters. The maximum absolute atomic E-state index is 13.8. The van der Waals surface area contributed by atoms with E-state index in [9.17, 15) is 4.39 Å². The molecule has 0 aliphatic carbocycles. The van der Waals surface area contributed by atoms with Crippen LogP contribution in [-0.4, -0.2) is 31.1 Å². The summed E-state index contributed by atoms with van der Waals surface area (Å²) in [6.45, 7) is 6.46. The summed E-state index contributed by atoms with van der Waals surface area (Å²) < 4.78 is 13.8. The number of piperazine rings is 1. The van der Waals surface area contributed by atoms with E-state index < -0.39 is 0 Å². The summed E-state index contributed by atoms with van der Waals surface area (Å²) in [4.78, 5) is 2.24. The smallest absolute Gasteiger partial charge is 0.146 e. The lowest BCUT2D eigenvalue weighted by Gasteiger charge is -2.27. The largest absolute Gasteiger partial charge is 0.314 e.